The third-order valence-electron chi connectivity index (χ3n) is 6.71. The number of fused-ring (bicyclic) bond motifs is 1. The van der Waals surface area contributed by atoms with Gasteiger partial charge < -0.3 is 10.6 Å². The third kappa shape index (κ3) is 5.61. The molecule has 3 rings (SSSR count). The maximum atomic E-state index is 11.7. The molecule has 5 nitrogen and oxygen atoms in total. The quantitative estimate of drug-likeness (QED) is 0.565. The number of hydrogen-bond acceptors (Lipinski definition) is 3. The molecule has 150 valence electrons. The van der Waals surface area contributed by atoms with Crippen molar-refractivity contribution in [2.24, 2.45) is 22.7 Å². The van der Waals surface area contributed by atoms with Gasteiger partial charge in [-0.3, -0.25) is 4.99 Å². The smallest absolute Gasteiger partial charge is 0.191 e. The summed E-state index contributed by atoms with van der Waals surface area (Å²) in [7, 11) is -2.82. The number of hydrogen-bond donors (Lipinski definition) is 2. The lowest BCUT2D eigenvalue weighted by molar-refractivity contribution is 0.150. The summed E-state index contributed by atoms with van der Waals surface area (Å²) in [5.74, 6) is 3.56. The molecule has 6 heteroatoms. The van der Waals surface area contributed by atoms with Crippen molar-refractivity contribution in [1.82, 2.24) is 10.6 Å². The molecule has 3 aliphatic rings. The molecule has 2 aliphatic carbocycles. The van der Waals surface area contributed by atoms with Crippen molar-refractivity contribution < 1.29 is 8.42 Å². The van der Waals surface area contributed by atoms with E-state index in [0.29, 0.717) is 30.1 Å². The summed E-state index contributed by atoms with van der Waals surface area (Å²) in [6.45, 7) is 4.96. The minimum Gasteiger partial charge on any atom is -0.354 e. The Hall–Kier alpha value is -0.780. The molecule has 1 aliphatic heterocycles. The highest BCUT2D eigenvalue weighted by molar-refractivity contribution is 7.91. The molecule has 0 amide bonds. The fourth-order valence-corrected chi connectivity index (χ4v) is 6.75. The van der Waals surface area contributed by atoms with Gasteiger partial charge in [0.2, 0.25) is 0 Å². The van der Waals surface area contributed by atoms with Crippen LogP contribution in [0, 0.1) is 17.8 Å². The molecule has 0 radical (unpaired) electrons. The lowest BCUT2D eigenvalue weighted by Gasteiger charge is -2.40. The van der Waals surface area contributed by atoms with Crippen LogP contribution in [0.3, 0.4) is 0 Å². The Balaban J connectivity index is 1.57. The van der Waals surface area contributed by atoms with Gasteiger partial charge >= 0.3 is 0 Å². The number of nitrogens with zero attached hydrogens (tertiary/aromatic N) is 1. The highest BCUT2D eigenvalue weighted by Gasteiger charge is 2.33. The predicted octanol–water partition coefficient (Wildman–Crippen LogP) is 3.11. The fraction of sp³-hybridized carbons (Fsp3) is 0.950. The molecular formula is C20H37N3O2S. The van der Waals surface area contributed by atoms with Crippen LogP contribution in [0.2, 0.25) is 0 Å². The van der Waals surface area contributed by atoms with Gasteiger partial charge in [-0.05, 0) is 56.8 Å². The van der Waals surface area contributed by atoms with E-state index in [9.17, 15) is 8.42 Å². The van der Waals surface area contributed by atoms with Gasteiger partial charge in [-0.25, -0.2) is 8.42 Å². The summed E-state index contributed by atoms with van der Waals surface area (Å²) in [5, 5.41) is 7.21. The number of sulfone groups is 1. The molecule has 2 saturated carbocycles. The average molecular weight is 384 g/mol. The first-order valence-electron chi connectivity index (χ1n) is 10.7. The van der Waals surface area contributed by atoms with Crippen molar-refractivity contribution in [2.45, 2.75) is 83.7 Å². The SMILES string of the molecule is CCC(C)NC(=NCC1CCS(=O)(=O)C1)NC1CCC2CCCCC2C1. The van der Waals surface area contributed by atoms with Crippen LogP contribution in [0.15, 0.2) is 4.99 Å². The topological polar surface area (TPSA) is 70.6 Å². The monoisotopic (exact) mass is 383 g/mol. The summed E-state index contributed by atoms with van der Waals surface area (Å²) >= 11 is 0. The maximum absolute atomic E-state index is 11.7. The Kier molecular flexibility index (Phi) is 6.87. The zero-order valence-electron chi connectivity index (χ0n) is 16.5. The van der Waals surface area contributed by atoms with Gasteiger partial charge in [0.25, 0.3) is 0 Å². The van der Waals surface area contributed by atoms with E-state index in [1.807, 2.05) is 0 Å². The summed E-state index contributed by atoms with van der Waals surface area (Å²) in [4.78, 5) is 4.79. The zero-order chi connectivity index (χ0) is 18.6. The second-order valence-electron chi connectivity index (χ2n) is 8.87. The highest BCUT2D eigenvalue weighted by Crippen LogP contribution is 2.40. The molecule has 1 saturated heterocycles. The van der Waals surface area contributed by atoms with Crippen LogP contribution in [-0.2, 0) is 9.84 Å². The van der Waals surface area contributed by atoms with Crippen molar-refractivity contribution in [3.05, 3.63) is 0 Å². The van der Waals surface area contributed by atoms with Crippen LogP contribution in [0.1, 0.15) is 71.6 Å². The molecule has 0 spiro atoms. The molecule has 5 unspecified atom stereocenters. The van der Waals surface area contributed by atoms with Crippen LogP contribution in [0.25, 0.3) is 0 Å². The summed E-state index contributed by atoms with van der Waals surface area (Å²) in [6.07, 6.45) is 11.3. The van der Waals surface area contributed by atoms with Crippen LogP contribution >= 0.6 is 0 Å². The van der Waals surface area contributed by atoms with Gasteiger partial charge in [0.1, 0.15) is 0 Å². The van der Waals surface area contributed by atoms with E-state index in [-0.39, 0.29) is 5.92 Å². The Labute approximate surface area is 159 Å². The maximum Gasteiger partial charge on any atom is 0.191 e. The van der Waals surface area contributed by atoms with Crippen molar-refractivity contribution in [1.29, 1.82) is 0 Å². The first-order valence-corrected chi connectivity index (χ1v) is 12.5. The van der Waals surface area contributed by atoms with Gasteiger partial charge in [0.05, 0.1) is 11.5 Å². The van der Waals surface area contributed by atoms with E-state index in [1.165, 1.54) is 44.9 Å². The first-order chi connectivity index (χ1) is 12.4. The summed E-state index contributed by atoms with van der Waals surface area (Å²) in [5.41, 5.74) is 0. The second kappa shape index (κ2) is 8.94. The van der Waals surface area contributed by atoms with E-state index in [2.05, 4.69) is 24.5 Å². The fourth-order valence-electron chi connectivity index (χ4n) is 4.90. The molecule has 1 heterocycles. The van der Waals surface area contributed by atoms with E-state index >= 15 is 0 Å². The van der Waals surface area contributed by atoms with E-state index in [1.54, 1.807) is 0 Å². The minimum absolute atomic E-state index is 0.185. The summed E-state index contributed by atoms with van der Waals surface area (Å²) < 4.78 is 23.4. The largest absolute Gasteiger partial charge is 0.354 e. The first kappa shape index (κ1) is 20.0. The molecule has 0 aromatic carbocycles. The Morgan fingerprint density at radius 1 is 1.12 bits per heavy atom. The molecule has 0 aromatic heterocycles. The van der Waals surface area contributed by atoms with E-state index in [4.69, 9.17) is 4.99 Å². The van der Waals surface area contributed by atoms with Gasteiger partial charge in [-0.15, -0.1) is 0 Å². The zero-order valence-corrected chi connectivity index (χ0v) is 17.4. The van der Waals surface area contributed by atoms with E-state index < -0.39 is 9.84 Å². The minimum atomic E-state index is -2.82. The Morgan fingerprint density at radius 2 is 1.88 bits per heavy atom. The van der Waals surface area contributed by atoms with Gasteiger partial charge in [0, 0.05) is 18.6 Å². The van der Waals surface area contributed by atoms with Crippen molar-refractivity contribution in [3.63, 3.8) is 0 Å². The molecule has 2 N–H and O–H groups in total. The number of aliphatic imine (C=N–C) groups is 1. The predicted molar refractivity (Wildman–Crippen MR) is 108 cm³/mol. The number of guanidine groups is 1. The standard InChI is InChI=1S/C20H37N3O2S/c1-3-15(2)22-20(21-13-16-10-11-26(24,25)14-16)23-19-9-8-17-6-4-5-7-18(17)12-19/h15-19H,3-14H2,1-2H3,(H2,21,22,23). The number of rotatable bonds is 5. The number of nitrogens with one attached hydrogen (secondary N) is 2. The van der Waals surface area contributed by atoms with Crippen molar-refractivity contribution in [3.8, 4) is 0 Å². The lowest BCUT2D eigenvalue weighted by Crippen LogP contribution is -2.49. The lowest BCUT2D eigenvalue weighted by atomic mass is 9.69. The third-order valence-corrected chi connectivity index (χ3v) is 8.55. The van der Waals surface area contributed by atoms with Crippen LogP contribution in [-0.4, -0.2) is 44.5 Å². The Bertz CT molecular complexity index is 590. The van der Waals surface area contributed by atoms with Gasteiger partial charge in [-0.2, -0.15) is 0 Å². The molecule has 5 atom stereocenters. The molecule has 0 aromatic rings. The summed E-state index contributed by atoms with van der Waals surface area (Å²) in [6, 6.07) is 0.886. The molecular weight excluding hydrogens is 346 g/mol. The molecule has 26 heavy (non-hydrogen) atoms. The van der Waals surface area contributed by atoms with Crippen molar-refractivity contribution >= 4 is 15.8 Å². The van der Waals surface area contributed by atoms with Crippen LogP contribution < -0.4 is 10.6 Å². The van der Waals surface area contributed by atoms with Crippen LogP contribution in [0.5, 0.6) is 0 Å². The van der Waals surface area contributed by atoms with E-state index in [0.717, 1.165) is 30.6 Å². The van der Waals surface area contributed by atoms with Crippen molar-refractivity contribution in [2.75, 3.05) is 18.1 Å². The highest BCUT2D eigenvalue weighted by atomic mass is 32.2. The average Bonchev–Trinajstić information content (AvgIpc) is 2.98. The molecule has 3 fully saturated rings. The molecule has 0 bridgehead atoms. The second-order valence-corrected chi connectivity index (χ2v) is 11.1. The Morgan fingerprint density at radius 3 is 2.58 bits per heavy atom. The normalized spacial score (nSPS) is 35.5. The van der Waals surface area contributed by atoms with Crippen LogP contribution in [0.4, 0.5) is 0 Å². The van der Waals surface area contributed by atoms with Gasteiger partial charge in [-0.1, -0.05) is 32.6 Å². The van der Waals surface area contributed by atoms with Gasteiger partial charge in [0.15, 0.2) is 15.8 Å².